The average molecular weight is 418 g/mol. The van der Waals surface area contributed by atoms with E-state index >= 15 is 0 Å². The van der Waals surface area contributed by atoms with Crippen molar-refractivity contribution in [3.05, 3.63) is 47.3 Å². The number of piperazine rings is 1. The topological polar surface area (TPSA) is 62.2 Å². The van der Waals surface area contributed by atoms with Crippen LogP contribution in [0.4, 0.5) is 13.2 Å². The van der Waals surface area contributed by atoms with E-state index in [2.05, 4.69) is 20.6 Å². The van der Waals surface area contributed by atoms with Crippen LogP contribution >= 0.6 is 12.4 Å². The fourth-order valence-electron chi connectivity index (χ4n) is 3.13. The molecule has 0 atom stereocenters. The highest BCUT2D eigenvalue weighted by Crippen LogP contribution is 2.34. The van der Waals surface area contributed by atoms with E-state index in [1.54, 1.807) is 31.2 Å². The first-order chi connectivity index (χ1) is 12.9. The van der Waals surface area contributed by atoms with Crippen LogP contribution in [0.15, 0.2) is 30.5 Å². The predicted octanol–water partition coefficient (Wildman–Crippen LogP) is 2.26. The molecule has 1 fully saturated rings. The van der Waals surface area contributed by atoms with Crippen molar-refractivity contribution in [3.8, 4) is 5.69 Å². The first kappa shape index (κ1) is 22.2. The molecule has 2 heterocycles. The van der Waals surface area contributed by atoms with Gasteiger partial charge in [0.2, 0.25) is 0 Å². The number of aromatic nitrogens is 2. The SMILES string of the molecule is Cc1ccccc1-n1ncc(C(=O)NCCN2CCNCC2)c1C(F)(F)F.Cl. The average Bonchev–Trinajstić information content (AvgIpc) is 3.08. The summed E-state index contributed by atoms with van der Waals surface area (Å²) in [5.41, 5.74) is -0.594. The Morgan fingerprint density at radius 2 is 1.93 bits per heavy atom. The molecule has 6 nitrogen and oxygen atoms in total. The van der Waals surface area contributed by atoms with Crippen LogP contribution in [0, 0.1) is 6.92 Å². The van der Waals surface area contributed by atoms with Gasteiger partial charge in [0.1, 0.15) is 0 Å². The zero-order valence-corrected chi connectivity index (χ0v) is 16.2. The fraction of sp³-hybridized carbons (Fsp3) is 0.444. The number of rotatable bonds is 5. The van der Waals surface area contributed by atoms with Crippen LogP contribution in [-0.4, -0.2) is 59.9 Å². The summed E-state index contributed by atoms with van der Waals surface area (Å²) in [5, 5.41) is 9.66. The molecule has 3 rings (SSSR count). The Balaban J connectivity index is 0.00000280. The Bertz CT molecular complexity index is 803. The third-order valence-electron chi connectivity index (χ3n) is 4.55. The molecular formula is C18H23ClF3N5O. The third-order valence-corrected chi connectivity index (χ3v) is 4.55. The van der Waals surface area contributed by atoms with Gasteiger partial charge in [-0.3, -0.25) is 9.69 Å². The largest absolute Gasteiger partial charge is 0.434 e. The lowest BCUT2D eigenvalue weighted by molar-refractivity contribution is -0.143. The number of nitrogens with one attached hydrogen (secondary N) is 2. The van der Waals surface area contributed by atoms with Crippen molar-refractivity contribution in [1.82, 2.24) is 25.3 Å². The Kier molecular flexibility index (Phi) is 7.45. The minimum atomic E-state index is -4.70. The van der Waals surface area contributed by atoms with Crippen LogP contribution in [0.25, 0.3) is 5.69 Å². The highest BCUT2D eigenvalue weighted by molar-refractivity contribution is 5.95. The number of para-hydroxylation sites is 1. The van der Waals surface area contributed by atoms with Crippen molar-refractivity contribution < 1.29 is 18.0 Å². The smallest absolute Gasteiger partial charge is 0.351 e. The molecule has 1 saturated heterocycles. The molecule has 1 aromatic carbocycles. The molecule has 0 spiro atoms. The summed E-state index contributed by atoms with van der Waals surface area (Å²) >= 11 is 0. The first-order valence-corrected chi connectivity index (χ1v) is 8.80. The van der Waals surface area contributed by atoms with E-state index < -0.39 is 23.3 Å². The normalized spacial score (nSPS) is 15.1. The number of amides is 1. The summed E-state index contributed by atoms with van der Waals surface area (Å²) in [4.78, 5) is 14.5. The molecule has 0 saturated carbocycles. The maximum atomic E-state index is 13.7. The lowest BCUT2D eigenvalue weighted by Gasteiger charge is -2.27. The molecule has 10 heteroatoms. The van der Waals surface area contributed by atoms with E-state index in [4.69, 9.17) is 0 Å². The van der Waals surface area contributed by atoms with E-state index in [0.717, 1.165) is 37.1 Å². The maximum absolute atomic E-state index is 13.7. The van der Waals surface area contributed by atoms with Crippen LogP contribution < -0.4 is 10.6 Å². The summed E-state index contributed by atoms with van der Waals surface area (Å²) in [6.45, 7) is 6.03. The van der Waals surface area contributed by atoms with Crippen LogP contribution in [0.3, 0.4) is 0 Å². The molecule has 1 aromatic heterocycles. The summed E-state index contributed by atoms with van der Waals surface area (Å²) in [5.74, 6) is -0.766. The van der Waals surface area contributed by atoms with Gasteiger partial charge < -0.3 is 10.6 Å². The molecular weight excluding hydrogens is 395 g/mol. The zero-order chi connectivity index (χ0) is 19.4. The van der Waals surface area contributed by atoms with Gasteiger partial charge in [0.15, 0.2) is 5.69 Å². The fourth-order valence-corrected chi connectivity index (χ4v) is 3.13. The van der Waals surface area contributed by atoms with E-state index in [1.165, 1.54) is 0 Å². The van der Waals surface area contributed by atoms with Crippen molar-refractivity contribution in [3.63, 3.8) is 0 Å². The predicted molar refractivity (Wildman–Crippen MR) is 102 cm³/mol. The number of aryl methyl sites for hydroxylation is 1. The van der Waals surface area contributed by atoms with Gasteiger partial charge in [-0.25, -0.2) is 4.68 Å². The van der Waals surface area contributed by atoms with Crippen molar-refractivity contribution in [2.45, 2.75) is 13.1 Å². The third kappa shape index (κ3) is 5.03. The van der Waals surface area contributed by atoms with Gasteiger partial charge in [0.25, 0.3) is 5.91 Å². The zero-order valence-electron chi connectivity index (χ0n) is 15.4. The quantitative estimate of drug-likeness (QED) is 0.783. The Labute approximate surface area is 167 Å². The number of alkyl halides is 3. The molecule has 2 aromatic rings. The van der Waals surface area contributed by atoms with Crippen molar-refractivity contribution in [2.75, 3.05) is 39.3 Å². The van der Waals surface area contributed by atoms with Gasteiger partial charge in [-0.1, -0.05) is 18.2 Å². The van der Waals surface area contributed by atoms with Crippen molar-refractivity contribution in [2.24, 2.45) is 0 Å². The molecule has 0 aliphatic carbocycles. The Morgan fingerprint density at radius 1 is 1.25 bits per heavy atom. The molecule has 0 radical (unpaired) electrons. The first-order valence-electron chi connectivity index (χ1n) is 8.80. The Hall–Kier alpha value is -2.10. The number of halogens is 4. The highest BCUT2D eigenvalue weighted by Gasteiger charge is 2.40. The Morgan fingerprint density at radius 3 is 2.57 bits per heavy atom. The van der Waals surface area contributed by atoms with Crippen LogP contribution in [0.5, 0.6) is 0 Å². The highest BCUT2D eigenvalue weighted by atomic mass is 35.5. The van der Waals surface area contributed by atoms with Crippen LogP contribution in [0.1, 0.15) is 21.6 Å². The molecule has 2 N–H and O–H groups in total. The second kappa shape index (κ2) is 9.40. The van der Waals surface area contributed by atoms with Crippen LogP contribution in [0.2, 0.25) is 0 Å². The summed E-state index contributed by atoms with van der Waals surface area (Å²) in [6, 6.07) is 6.62. The van der Waals surface area contributed by atoms with Gasteiger partial charge in [-0.2, -0.15) is 18.3 Å². The van der Waals surface area contributed by atoms with E-state index in [9.17, 15) is 18.0 Å². The molecule has 28 heavy (non-hydrogen) atoms. The maximum Gasteiger partial charge on any atom is 0.434 e. The number of hydrogen-bond donors (Lipinski definition) is 2. The van der Waals surface area contributed by atoms with Crippen LogP contribution in [-0.2, 0) is 6.18 Å². The number of carbonyl (C=O) groups is 1. The van der Waals surface area contributed by atoms with Gasteiger partial charge >= 0.3 is 6.18 Å². The number of hydrogen-bond acceptors (Lipinski definition) is 4. The molecule has 154 valence electrons. The molecule has 1 aliphatic heterocycles. The number of benzene rings is 1. The summed E-state index contributed by atoms with van der Waals surface area (Å²) in [6.07, 6.45) is -3.72. The standard InChI is InChI=1S/C18H22F3N5O.ClH/c1-13-4-2-3-5-15(13)26-16(18(19,20)21)14(12-24-26)17(27)23-8-11-25-9-6-22-7-10-25;/h2-5,12,22H,6-11H2,1H3,(H,23,27);1H. The molecule has 0 unspecified atom stereocenters. The summed E-state index contributed by atoms with van der Waals surface area (Å²) in [7, 11) is 0. The lowest BCUT2D eigenvalue weighted by Crippen LogP contribution is -2.46. The second-order valence-electron chi connectivity index (χ2n) is 6.45. The number of nitrogens with zero attached hydrogens (tertiary/aromatic N) is 3. The van der Waals surface area contributed by atoms with Crippen molar-refractivity contribution in [1.29, 1.82) is 0 Å². The summed E-state index contributed by atoms with van der Waals surface area (Å²) < 4.78 is 41.8. The van der Waals surface area contributed by atoms with Gasteiger partial charge in [0, 0.05) is 39.3 Å². The number of carbonyl (C=O) groups excluding carboxylic acids is 1. The monoisotopic (exact) mass is 417 g/mol. The lowest BCUT2D eigenvalue weighted by atomic mass is 10.1. The van der Waals surface area contributed by atoms with E-state index in [-0.39, 0.29) is 19.0 Å². The van der Waals surface area contributed by atoms with E-state index in [0.29, 0.717) is 17.8 Å². The second-order valence-corrected chi connectivity index (χ2v) is 6.45. The molecule has 1 aliphatic rings. The van der Waals surface area contributed by atoms with Gasteiger partial charge in [-0.15, -0.1) is 12.4 Å². The van der Waals surface area contributed by atoms with Crippen molar-refractivity contribution >= 4 is 18.3 Å². The van der Waals surface area contributed by atoms with Gasteiger partial charge in [-0.05, 0) is 18.6 Å². The minimum Gasteiger partial charge on any atom is -0.351 e. The molecule has 0 bridgehead atoms. The van der Waals surface area contributed by atoms with E-state index in [1.807, 2.05) is 0 Å². The minimum absolute atomic E-state index is 0. The molecule has 1 amide bonds. The van der Waals surface area contributed by atoms with Gasteiger partial charge in [0.05, 0.1) is 17.4 Å².